The number of rotatable bonds is 7. The molecule has 0 aromatic carbocycles. The number of nitrogens with zero attached hydrogens (tertiary/aromatic N) is 2. The first-order valence-electron chi connectivity index (χ1n) is 8.93. The van der Waals surface area contributed by atoms with Gasteiger partial charge in [-0.05, 0) is 25.7 Å². The van der Waals surface area contributed by atoms with Crippen molar-refractivity contribution in [3.05, 3.63) is 0 Å². The summed E-state index contributed by atoms with van der Waals surface area (Å²) in [5, 5.41) is 3.18. The van der Waals surface area contributed by atoms with Crippen LogP contribution < -0.4 is 5.32 Å². The summed E-state index contributed by atoms with van der Waals surface area (Å²) in [6, 6.07) is -0.00633. The first-order chi connectivity index (χ1) is 10.7. The van der Waals surface area contributed by atoms with E-state index in [0.29, 0.717) is 5.92 Å². The van der Waals surface area contributed by atoms with E-state index in [0.717, 1.165) is 45.9 Å². The molecule has 5 heteroatoms. The fourth-order valence-corrected chi connectivity index (χ4v) is 3.54. The van der Waals surface area contributed by atoms with E-state index in [2.05, 4.69) is 15.1 Å². The minimum Gasteiger partial charge on any atom is -0.383 e. The third-order valence-electron chi connectivity index (χ3n) is 5.24. The van der Waals surface area contributed by atoms with Crippen LogP contribution in [0.1, 0.15) is 39.0 Å². The molecular weight excluding hydrogens is 278 g/mol. The van der Waals surface area contributed by atoms with Gasteiger partial charge in [-0.15, -0.1) is 0 Å². The number of ether oxygens (including phenoxy) is 1. The molecule has 5 nitrogen and oxygen atoms in total. The smallest absolute Gasteiger partial charge is 0.237 e. The third kappa shape index (κ3) is 5.52. The monoisotopic (exact) mass is 311 g/mol. The SMILES string of the molecule is COCCN1CCN([C@H](C)C(=O)NCC2CCCCC2)CC1. The maximum absolute atomic E-state index is 12.4. The molecule has 1 saturated heterocycles. The molecule has 1 heterocycles. The number of carbonyl (C=O) groups is 1. The molecule has 0 bridgehead atoms. The molecule has 1 N–H and O–H groups in total. The van der Waals surface area contributed by atoms with Gasteiger partial charge in [-0.2, -0.15) is 0 Å². The van der Waals surface area contributed by atoms with Crippen molar-refractivity contribution >= 4 is 5.91 Å². The summed E-state index contributed by atoms with van der Waals surface area (Å²) < 4.78 is 5.13. The van der Waals surface area contributed by atoms with E-state index in [4.69, 9.17) is 4.74 Å². The Kier molecular flexibility index (Phi) is 7.63. The molecule has 22 heavy (non-hydrogen) atoms. The predicted octanol–water partition coefficient (Wildman–Crippen LogP) is 1.34. The van der Waals surface area contributed by atoms with Gasteiger partial charge >= 0.3 is 0 Å². The lowest BCUT2D eigenvalue weighted by molar-refractivity contribution is -0.126. The second kappa shape index (κ2) is 9.48. The van der Waals surface area contributed by atoms with Crippen LogP contribution in [-0.4, -0.2) is 74.7 Å². The molecule has 1 aliphatic heterocycles. The van der Waals surface area contributed by atoms with Crippen molar-refractivity contribution in [1.29, 1.82) is 0 Å². The van der Waals surface area contributed by atoms with Crippen LogP contribution in [0.3, 0.4) is 0 Å². The van der Waals surface area contributed by atoms with Crippen molar-refractivity contribution in [3.63, 3.8) is 0 Å². The molecule has 2 fully saturated rings. The number of methoxy groups -OCH3 is 1. The molecule has 1 amide bonds. The van der Waals surface area contributed by atoms with Gasteiger partial charge in [0.1, 0.15) is 0 Å². The first kappa shape index (κ1) is 17.7. The highest BCUT2D eigenvalue weighted by molar-refractivity contribution is 5.81. The van der Waals surface area contributed by atoms with Crippen LogP contribution in [-0.2, 0) is 9.53 Å². The summed E-state index contributed by atoms with van der Waals surface area (Å²) in [4.78, 5) is 17.1. The van der Waals surface area contributed by atoms with Crippen molar-refractivity contribution in [2.45, 2.75) is 45.1 Å². The Hall–Kier alpha value is -0.650. The molecular formula is C17H33N3O2. The minimum absolute atomic E-state index is 0.00633. The van der Waals surface area contributed by atoms with Crippen LogP contribution in [0.4, 0.5) is 0 Å². The molecule has 1 saturated carbocycles. The molecule has 1 atom stereocenters. The van der Waals surface area contributed by atoms with Crippen molar-refractivity contribution in [2.75, 3.05) is 53.0 Å². The summed E-state index contributed by atoms with van der Waals surface area (Å²) in [7, 11) is 1.75. The van der Waals surface area contributed by atoms with Gasteiger partial charge in [-0.3, -0.25) is 14.6 Å². The van der Waals surface area contributed by atoms with E-state index in [1.807, 2.05) is 6.92 Å². The lowest BCUT2D eigenvalue weighted by Gasteiger charge is -2.37. The van der Waals surface area contributed by atoms with Gasteiger partial charge in [-0.1, -0.05) is 19.3 Å². The summed E-state index contributed by atoms with van der Waals surface area (Å²) in [6.45, 7) is 8.71. The van der Waals surface area contributed by atoms with Gasteiger partial charge < -0.3 is 10.1 Å². The quantitative estimate of drug-likeness (QED) is 0.770. The highest BCUT2D eigenvalue weighted by Gasteiger charge is 2.25. The lowest BCUT2D eigenvalue weighted by Crippen LogP contribution is -2.54. The van der Waals surface area contributed by atoms with Gasteiger partial charge in [0, 0.05) is 46.4 Å². The van der Waals surface area contributed by atoms with Crippen LogP contribution in [0.5, 0.6) is 0 Å². The predicted molar refractivity (Wildman–Crippen MR) is 88.9 cm³/mol. The second-order valence-electron chi connectivity index (χ2n) is 6.80. The molecule has 0 radical (unpaired) electrons. The van der Waals surface area contributed by atoms with Gasteiger partial charge in [-0.25, -0.2) is 0 Å². The normalized spacial score (nSPS) is 23.4. The van der Waals surface area contributed by atoms with Crippen LogP contribution in [0, 0.1) is 5.92 Å². The average Bonchev–Trinajstić information content (AvgIpc) is 2.58. The van der Waals surface area contributed by atoms with E-state index < -0.39 is 0 Å². The molecule has 0 unspecified atom stereocenters. The number of nitrogens with one attached hydrogen (secondary N) is 1. The topological polar surface area (TPSA) is 44.8 Å². The van der Waals surface area contributed by atoms with Crippen molar-refractivity contribution in [1.82, 2.24) is 15.1 Å². The molecule has 0 spiro atoms. The second-order valence-corrected chi connectivity index (χ2v) is 6.80. The first-order valence-corrected chi connectivity index (χ1v) is 8.93. The highest BCUT2D eigenvalue weighted by Crippen LogP contribution is 2.22. The van der Waals surface area contributed by atoms with Gasteiger partial charge in [0.2, 0.25) is 5.91 Å². The number of carbonyl (C=O) groups excluding carboxylic acids is 1. The largest absolute Gasteiger partial charge is 0.383 e. The van der Waals surface area contributed by atoms with Gasteiger partial charge in [0.05, 0.1) is 12.6 Å². The maximum Gasteiger partial charge on any atom is 0.237 e. The van der Waals surface area contributed by atoms with Gasteiger partial charge in [0.15, 0.2) is 0 Å². The molecule has 2 aliphatic rings. The zero-order chi connectivity index (χ0) is 15.8. The number of amides is 1. The summed E-state index contributed by atoms with van der Waals surface area (Å²) in [5.41, 5.74) is 0. The lowest BCUT2D eigenvalue weighted by atomic mass is 9.89. The van der Waals surface area contributed by atoms with Crippen LogP contribution in [0.15, 0.2) is 0 Å². The molecule has 2 rings (SSSR count). The molecule has 1 aliphatic carbocycles. The summed E-state index contributed by atoms with van der Waals surface area (Å²) >= 11 is 0. The number of piperazine rings is 1. The maximum atomic E-state index is 12.4. The Bertz CT molecular complexity index is 324. The number of hydrogen-bond acceptors (Lipinski definition) is 4. The van der Waals surface area contributed by atoms with E-state index in [9.17, 15) is 4.79 Å². The summed E-state index contributed by atoms with van der Waals surface area (Å²) in [5.74, 6) is 0.909. The third-order valence-corrected chi connectivity index (χ3v) is 5.24. The van der Waals surface area contributed by atoms with E-state index in [1.54, 1.807) is 7.11 Å². The van der Waals surface area contributed by atoms with Gasteiger partial charge in [0.25, 0.3) is 0 Å². The molecule has 0 aromatic rings. The average molecular weight is 311 g/mol. The Morgan fingerprint density at radius 3 is 2.50 bits per heavy atom. The Morgan fingerprint density at radius 2 is 1.86 bits per heavy atom. The van der Waals surface area contributed by atoms with Crippen LogP contribution >= 0.6 is 0 Å². The number of hydrogen-bond donors (Lipinski definition) is 1. The Labute approximate surface area is 135 Å². The molecule has 128 valence electrons. The summed E-state index contributed by atoms with van der Waals surface area (Å²) in [6.07, 6.45) is 6.60. The molecule has 0 aromatic heterocycles. The zero-order valence-electron chi connectivity index (χ0n) is 14.4. The standard InChI is InChI=1S/C17H33N3O2/c1-15(17(21)18-14-16-6-4-3-5-7-16)20-10-8-19(9-11-20)12-13-22-2/h15-16H,3-14H2,1-2H3,(H,18,21)/t15-/m1/s1. The van der Waals surface area contributed by atoms with Crippen molar-refractivity contribution in [2.24, 2.45) is 5.92 Å². The zero-order valence-corrected chi connectivity index (χ0v) is 14.4. The van der Waals surface area contributed by atoms with Crippen molar-refractivity contribution in [3.8, 4) is 0 Å². The van der Waals surface area contributed by atoms with Crippen LogP contribution in [0.2, 0.25) is 0 Å². The fraction of sp³-hybridized carbons (Fsp3) is 0.941. The van der Waals surface area contributed by atoms with Crippen LogP contribution in [0.25, 0.3) is 0 Å². The van der Waals surface area contributed by atoms with E-state index in [-0.39, 0.29) is 11.9 Å². The van der Waals surface area contributed by atoms with Crippen molar-refractivity contribution < 1.29 is 9.53 Å². The Balaban J connectivity index is 1.65. The Morgan fingerprint density at radius 1 is 1.18 bits per heavy atom. The highest BCUT2D eigenvalue weighted by atomic mass is 16.5. The fourth-order valence-electron chi connectivity index (χ4n) is 3.54. The minimum atomic E-state index is -0.00633. The van der Waals surface area contributed by atoms with E-state index >= 15 is 0 Å². The van der Waals surface area contributed by atoms with E-state index in [1.165, 1.54) is 32.1 Å².